The molecule has 1 atom stereocenters. The average molecular weight is 429 g/mol. The molecule has 0 amide bonds. The van der Waals surface area contributed by atoms with Gasteiger partial charge in [0.15, 0.2) is 0 Å². The minimum absolute atomic E-state index is 0.287. The number of hydrogen-bond donors (Lipinski definition) is 2. The van der Waals surface area contributed by atoms with E-state index in [1.807, 2.05) is 13.8 Å². The predicted molar refractivity (Wildman–Crippen MR) is 134 cm³/mol. The Balaban J connectivity index is 0.000000762. The molecular weight excluding hydrogens is 384 g/mol. The van der Waals surface area contributed by atoms with Crippen LogP contribution in [0.25, 0.3) is 0 Å². The van der Waals surface area contributed by atoms with Crippen LogP contribution >= 0.6 is 0 Å². The van der Waals surface area contributed by atoms with Gasteiger partial charge in [-0.05, 0) is 74.0 Å². The molecule has 1 aromatic rings. The zero-order valence-corrected chi connectivity index (χ0v) is 20.4. The number of rotatable bonds is 8. The number of carboxylic acid groups (broad SMARTS) is 1. The molecule has 1 aliphatic rings. The Hall–Kier alpha value is -2.29. The predicted octanol–water partition coefficient (Wildman–Crippen LogP) is 8.38. The minimum atomic E-state index is -0.690. The second kappa shape index (κ2) is 16.4. The molecule has 174 valence electrons. The molecule has 2 rings (SSSR count). The van der Waals surface area contributed by atoms with E-state index in [-0.39, 0.29) is 6.42 Å². The molecule has 31 heavy (non-hydrogen) atoms. The van der Waals surface area contributed by atoms with E-state index in [9.17, 15) is 4.79 Å². The highest BCUT2D eigenvalue weighted by Crippen LogP contribution is 2.43. The first-order valence-corrected chi connectivity index (χ1v) is 11.7. The van der Waals surface area contributed by atoms with Crippen molar-refractivity contribution in [1.82, 2.24) is 0 Å². The van der Waals surface area contributed by atoms with Crippen LogP contribution in [0.4, 0.5) is 0 Å². The number of allylic oxidation sites excluding steroid dienone is 5. The highest BCUT2D eigenvalue weighted by atomic mass is 16.4. The molecule has 3 nitrogen and oxygen atoms in total. The number of aliphatic hydroxyl groups is 1. The van der Waals surface area contributed by atoms with Crippen molar-refractivity contribution < 1.29 is 15.0 Å². The van der Waals surface area contributed by atoms with Crippen LogP contribution in [0.2, 0.25) is 0 Å². The van der Waals surface area contributed by atoms with Gasteiger partial charge in [-0.15, -0.1) is 0 Å². The van der Waals surface area contributed by atoms with Gasteiger partial charge in [0, 0.05) is 6.42 Å². The molecule has 0 spiro atoms. The molecule has 0 bridgehead atoms. The van der Waals surface area contributed by atoms with Gasteiger partial charge >= 0.3 is 5.97 Å². The topological polar surface area (TPSA) is 57.5 Å². The second-order valence-electron chi connectivity index (χ2n) is 8.73. The largest absolute Gasteiger partial charge is 0.513 e. The third-order valence-electron chi connectivity index (χ3n) is 5.35. The quantitative estimate of drug-likeness (QED) is 0.248. The van der Waals surface area contributed by atoms with E-state index >= 15 is 0 Å². The molecule has 0 saturated heterocycles. The molecule has 2 N–H and O–H groups in total. The van der Waals surface area contributed by atoms with Crippen LogP contribution in [0.5, 0.6) is 0 Å². The van der Waals surface area contributed by atoms with Gasteiger partial charge in [0.2, 0.25) is 0 Å². The van der Waals surface area contributed by atoms with Crippen molar-refractivity contribution in [3.05, 3.63) is 72.0 Å². The summed E-state index contributed by atoms with van der Waals surface area (Å²) in [4.78, 5) is 10.5. The lowest BCUT2D eigenvalue weighted by atomic mass is 9.70. The van der Waals surface area contributed by atoms with Gasteiger partial charge in [-0.25, -0.2) is 0 Å². The second-order valence-corrected chi connectivity index (χ2v) is 8.73. The van der Waals surface area contributed by atoms with Crippen LogP contribution in [-0.2, 0) is 11.2 Å². The van der Waals surface area contributed by atoms with Gasteiger partial charge < -0.3 is 10.2 Å². The first-order valence-electron chi connectivity index (χ1n) is 11.7. The van der Waals surface area contributed by atoms with Crippen molar-refractivity contribution in [2.45, 2.75) is 91.9 Å². The molecule has 0 heterocycles. The molecule has 0 aromatic heterocycles. The van der Waals surface area contributed by atoms with Crippen LogP contribution in [-0.4, -0.2) is 16.2 Å². The SMILES string of the molecule is C=C/C=C\C=C(/C)O.CC.CC1(C)CCCC(c2ccc(CCCCC(=O)O)cc2)C1. The fourth-order valence-electron chi connectivity index (χ4n) is 3.82. The Kier molecular flexibility index (Phi) is 15.2. The molecule has 0 aliphatic heterocycles. The van der Waals surface area contributed by atoms with E-state index in [1.165, 1.54) is 36.8 Å². The Bertz CT molecular complexity index is 677. The maximum absolute atomic E-state index is 10.5. The van der Waals surface area contributed by atoms with Crippen molar-refractivity contribution in [1.29, 1.82) is 0 Å². The number of unbranched alkanes of at least 4 members (excludes halogenated alkanes) is 1. The number of aliphatic hydroxyl groups excluding tert-OH is 1. The lowest BCUT2D eigenvalue weighted by molar-refractivity contribution is -0.137. The number of benzene rings is 1. The zero-order valence-electron chi connectivity index (χ0n) is 20.4. The number of hydrogen-bond acceptors (Lipinski definition) is 2. The molecule has 3 heteroatoms. The minimum Gasteiger partial charge on any atom is -0.513 e. The fraction of sp³-hybridized carbons (Fsp3) is 0.536. The fourth-order valence-corrected chi connectivity index (χ4v) is 3.82. The highest BCUT2D eigenvalue weighted by molar-refractivity contribution is 5.66. The van der Waals surface area contributed by atoms with Crippen LogP contribution in [0.1, 0.15) is 96.6 Å². The van der Waals surface area contributed by atoms with Crippen LogP contribution in [0.15, 0.2) is 60.9 Å². The molecule has 1 unspecified atom stereocenters. The van der Waals surface area contributed by atoms with Crippen LogP contribution < -0.4 is 0 Å². The third-order valence-corrected chi connectivity index (χ3v) is 5.35. The number of carbonyl (C=O) groups is 1. The highest BCUT2D eigenvalue weighted by Gasteiger charge is 2.28. The van der Waals surface area contributed by atoms with Gasteiger partial charge in [-0.1, -0.05) is 83.2 Å². The summed E-state index contributed by atoms with van der Waals surface area (Å²) in [6.07, 6.45) is 15.0. The van der Waals surface area contributed by atoms with E-state index in [2.05, 4.69) is 44.7 Å². The Morgan fingerprint density at radius 2 is 1.77 bits per heavy atom. The van der Waals surface area contributed by atoms with Gasteiger partial charge in [0.1, 0.15) is 0 Å². The summed E-state index contributed by atoms with van der Waals surface area (Å²) in [5, 5.41) is 17.2. The van der Waals surface area contributed by atoms with Gasteiger partial charge in [0.25, 0.3) is 0 Å². The van der Waals surface area contributed by atoms with E-state index in [0.717, 1.165) is 25.2 Å². The molecular formula is C28H44O3. The first-order chi connectivity index (χ1) is 14.7. The normalized spacial score (nSPS) is 17.7. The molecule has 1 aromatic carbocycles. The van der Waals surface area contributed by atoms with Crippen molar-refractivity contribution in [3.63, 3.8) is 0 Å². The van der Waals surface area contributed by atoms with Crippen molar-refractivity contribution in [3.8, 4) is 0 Å². The Morgan fingerprint density at radius 3 is 2.29 bits per heavy atom. The third kappa shape index (κ3) is 14.4. The summed E-state index contributed by atoms with van der Waals surface area (Å²) in [5.74, 6) is 0.336. The van der Waals surface area contributed by atoms with Crippen LogP contribution in [0, 0.1) is 5.41 Å². The van der Waals surface area contributed by atoms with Gasteiger partial charge in [-0.3, -0.25) is 4.79 Å². The van der Waals surface area contributed by atoms with Gasteiger partial charge in [0.05, 0.1) is 5.76 Å². The zero-order chi connectivity index (χ0) is 23.7. The summed E-state index contributed by atoms with van der Waals surface area (Å²) in [6.45, 7) is 13.8. The monoisotopic (exact) mass is 428 g/mol. The Morgan fingerprint density at radius 1 is 1.13 bits per heavy atom. The number of carboxylic acids is 1. The standard InChI is InChI=1S/C19H28O2.C7H10O.C2H6/c1-19(2)13-5-7-17(14-19)16-11-9-15(10-12-16)6-3-4-8-18(20)21;1-3-4-5-6-7(2)8;1-2/h9-12,17H,3-8,13-14H2,1-2H3,(H,20,21);3-6,8H,1H2,2H3;1-2H3/b;5-4-,7-6+;. The van der Waals surface area contributed by atoms with Crippen LogP contribution in [0.3, 0.4) is 0 Å². The summed E-state index contributed by atoms with van der Waals surface area (Å²) >= 11 is 0. The van der Waals surface area contributed by atoms with Crippen molar-refractivity contribution >= 4 is 5.97 Å². The molecule has 0 radical (unpaired) electrons. The average Bonchev–Trinajstić information content (AvgIpc) is 2.73. The number of aryl methyl sites for hydroxylation is 1. The van der Waals surface area contributed by atoms with E-state index in [4.69, 9.17) is 10.2 Å². The molecule has 1 fully saturated rings. The van der Waals surface area contributed by atoms with Gasteiger partial charge in [-0.2, -0.15) is 0 Å². The van der Waals surface area contributed by atoms with E-state index in [0.29, 0.717) is 11.2 Å². The first kappa shape index (κ1) is 28.7. The lowest BCUT2D eigenvalue weighted by Crippen LogP contribution is -2.21. The summed E-state index contributed by atoms with van der Waals surface area (Å²) in [6, 6.07) is 9.05. The maximum Gasteiger partial charge on any atom is 0.303 e. The maximum atomic E-state index is 10.5. The summed E-state index contributed by atoms with van der Waals surface area (Å²) < 4.78 is 0. The summed E-state index contributed by atoms with van der Waals surface area (Å²) in [7, 11) is 0. The molecule has 1 aliphatic carbocycles. The van der Waals surface area contributed by atoms with Crippen molar-refractivity contribution in [2.24, 2.45) is 5.41 Å². The lowest BCUT2D eigenvalue weighted by Gasteiger charge is -2.35. The number of aliphatic carboxylic acids is 1. The summed E-state index contributed by atoms with van der Waals surface area (Å²) in [5.41, 5.74) is 3.30. The smallest absolute Gasteiger partial charge is 0.303 e. The van der Waals surface area contributed by atoms with E-state index in [1.54, 1.807) is 31.2 Å². The van der Waals surface area contributed by atoms with E-state index < -0.39 is 5.97 Å². The Labute approximate surface area is 190 Å². The van der Waals surface area contributed by atoms with Crippen molar-refractivity contribution in [2.75, 3.05) is 0 Å². The molecule has 1 saturated carbocycles.